The number of carbonyl (C=O) groups excluding carboxylic acids is 3. The average Bonchev–Trinajstić information content (AvgIpc) is 3.28. The van der Waals surface area contributed by atoms with Crippen molar-refractivity contribution in [3.05, 3.63) is 0 Å². The topological polar surface area (TPSA) is 148 Å². The van der Waals surface area contributed by atoms with Crippen molar-refractivity contribution >= 4 is 23.8 Å². The van der Waals surface area contributed by atoms with Crippen molar-refractivity contribution in [3.8, 4) is 0 Å². The second kappa shape index (κ2) is 8.03. The van der Waals surface area contributed by atoms with Crippen molar-refractivity contribution < 1.29 is 29.0 Å². The average molecular weight is 369 g/mol. The van der Waals surface area contributed by atoms with Gasteiger partial charge < -0.3 is 26.2 Å². The second-order valence-corrected chi connectivity index (χ2v) is 7.30. The predicted molar refractivity (Wildman–Crippen MR) is 90.7 cm³/mol. The van der Waals surface area contributed by atoms with Crippen LogP contribution < -0.4 is 16.4 Å². The van der Waals surface area contributed by atoms with Crippen molar-refractivity contribution in [2.75, 3.05) is 0 Å². The number of carbonyl (C=O) groups is 4. The largest absolute Gasteiger partial charge is 0.480 e. The molecule has 0 spiro atoms. The molecular weight excluding hydrogens is 342 g/mol. The van der Waals surface area contributed by atoms with E-state index in [0.717, 1.165) is 6.42 Å². The molecule has 9 nitrogen and oxygen atoms in total. The zero-order valence-electron chi connectivity index (χ0n) is 15.2. The lowest BCUT2D eigenvalue weighted by Gasteiger charge is -2.37. The maximum atomic E-state index is 12.3. The van der Waals surface area contributed by atoms with Gasteiger partial charge in [-0.3, -0.25) is 14.4 Å². The molecule has 1 heterocycles. The van der Waals surface area contributed by atoms with Gasteiger partial charge in [-0.2, -0.15) is 0 Å². The van der Waals surface area contributed by atoms with E-state index in [9.17, 15) is 24.3 Å². The highest BCUT2D eigenvalue weighted by atomic mass is 16.6. The van der Waals surface area contributed by atoms with Crippen molar-refractivity contribution in [3.63, 3.8) is 0 Å². The van der Waals surface area contributed by atoms with Crippen molar-refractivity contribution in [1.29, 1.82) is 0 Å². The van der Waals surface area contributed by atoms with Gasteiger partial charge in [0.2, 0.25) is 5.91 Å². The number of carboxylic acids is 1. The Bertz CT molecular complexity index is 593. The second-order valence-electron chi connectivity index (χ2n) is 7.30. The van der Waals surface area contributed by atoms with Gasteiger partial charge in [0.15, 0.2) is 6.10 Å². The molecule has 0 aromatic rings. The van der Waals surface area contributed by atoms with Gasteiger partial charge in [0.25, 0.3) is 5.91 Å². The highest BCUT2D eigenvalue weighted by Gasteiger charge is 2.51. The van der Waals surface area contributed by atoms with E-state index in [2.05, 4.69) is 10.6 Å². The molecule has 2 amide bonds. The van der Waals surface area contributed by atoms with Gasteiger partial charge in [-0.1, -0.05) is 20.3 Å². The van der Waals surface area contributed by atoms with Gasteiger partial charge in [0.1, 0.15) is 12.0 Å². The molecule has 0 aromatic heterocycles. The first-order chi connectivity index (χ1) is 12.1. The monoisotopic (exact) mass is 369 g/mol. The van der Waals surface area contributed by atoms with E-state index in [1.807, 2.05) is 13.8 Å². The first-order valence-electron chi connectivity index (χ1n) is 8.95. The quantitative estimate of drug-likeness (QED) is 0.396. The molecule has 0 radical (unpaired) electrons. The van der Waals surface area contributed by atoms with Crippen LogP contribution in [0.3, 0.4) is 0 Å². The molecule has 146 valence electrons. The summed E-state index contributed by atoms with van der Waals surface area (Å²) in [6.45, 7) is 5.33. The minimum Gasteiger partial charge on any atom is -0.480 e. The zero-order valence-corrected chi connectivity index (χ0v) is 15.2. The van der Waals surface area contributed by atoms with Crippen LogP contribution in [0, 0.1) is 17.8 Å². The molecule has 0 bridgehead atoms. The number of amides is 2. The Morgan fingerprint density at radius 1 is 1.35 bits per heavy atom. The van der Waals surface area contributed by atoms with Gasteiger partial charge in [-0.05, 0) is 31.6 Å². The first kappa shape index (κ1) is 20.2. The molecule has 9 heteroatoms. The summed E-state index contributed by atoms with van der Waals surface area (Å²) in [6, 6.07) is -2.01. The normalized spacial score (nSPS) is 30.2. The number of cyclic esters (lactones) is 1. The highest BCUT2D eigenvalue weighted by molar-refractivity contribution is 5.94. The number of esters is 1. The summed E-state index contributed by atoms with van der Waals surface area (Å²) >= 11 is 0. The molecule has 1 saturated carbocycles. The number of aliphatic carboxylic acids is 1. The maximum Gasteiger partial charge on any atom is 0.326 e. The summed E-state index contributed by atoms with van der Waals surface area (Å²) in [5, 5.41) is 14.4. The lowest BCUT2D eigenvalue weighted by molar-refractivity contribution is -0.193. The third kappa shape index (κ3) is 4.51. The Morgan fingerprint density at radius 2 is 2.00 bits per heavy atom. The molecule has 2 fully saturated rings. The van der Waals surface area contributed by atoms with Gasteiger partial charge in [0, 0.05) is 6.04 Å². The fourth-order valence-electron chi connectivity index (χ4n) is 3.11. The van der Waals surface area contributed by atoms with Gasteiger partial charge in [-0.25, -0.2) is 4.79 Å². The third-order valence-electron chi connectivity index (χ3n) is 5.17. The van der Waals surface area contributed by atoms with Gasteiger partial charge >= 0.3 is 11.9 Å². The Morgan fingerprint density at radius 3 is 2.50 bits per heavy atom. The van der Waals surface area contributed by atoms with E-state index in [0.29, 0.717) is 6.42 Å². The number of nitrogens with two attached hydrogens (primary N) is 1. The Hall–Kier alpha value is -2.16. The fraction of sp³-hybridized carbons (Fsp3) is 0.765. The van der Waals surface area contributed by atoms with Crippen LogP contribution in [0.4, 0.5) is 0 Å². The Balaban J connectivity index is 1.82. The number of nitrogens with one attached hydrogen (secondary N) is 2. The van der Waals surface area contributed by atoms with E-state index in [-0.39, 0.29) is 36.2 Å². The van der Waals surface area contributed by atoms with Crippen LogP contribution >= 0.6 is 0 Å². The summed E-state index contributed by atoms with van der Waals surface area (Å²) in [5.41, 5.74) is 5.44. The number of hydrogen-bond acceptors (Lipinski definition) is 6. The van der Waals surface area contributed by atoms with E-state index in [1.54, 1.807) is 0 Å². The molecule has 1 aliphatic heterocycles. The minimum atomic E-state index is -1.14. The Labute approximate surface area is 152 Å². The molecule has 26 heavy (non-hydrogen) atoms. The summed E-state index contributed by atoms with van der Waals surface area (Å²) in [7, 11) is 0. The third-order valence-corrected chi connectivity index (χ3v) is 5.17. The number of ether oxygens (including phenoxy) is 1. The van der Waals surface area contributed by atoms with Crippen LogP contribution in [0.1, 0.15) is 40.0 Å². The summed E-state index contributed by atoms with van der Waals surface area (Å²) in [6.07, 6.45) is 0.831. The van der Waals surface area contributed by atoms with Crippen LogP contribution in [0.15, 0.2) is 0 Å². The van der Waals surface area contributed by atoms with Crippen LogP contribution in [0.25, 0.3) is 0 Å². The predicted octanol–water partition coefficient (Wildman–Crippen LogP) is -0.614. The van der Waals surface area contributed by atoms with Crippen molar-refractivity contribution in [2.45, 2.75) is 64.3 Å². The van der Waals surface area contributed by atoms with Gasteiger partial charge in [-0.15, -0.1) is 0 Å². The molecule has 5 N–H and O–H groups in total. The van der Waals surface area contributed by atoms with E-state index >= 15 is 0 Å². The molecule has 0 aromatic carbocycles. The summed E-state index contributed by atoms with van der Waals surface area (Å²) in [4.78, 5) is 46.8. The zero-order chi connectivity index (χ0) is 19.6. The molecule has 2 aliphatic rings. The molecular formula is C17H27N3O6. The first-order valence-corrected chi connectivity index (χ1v) is 8.95. The lowest BCUT2D eigenvalue weighted by atomic mass is 9.83. The van der Waals surface area contributed by atoms with Crippen LogP contribution in [0.2, 0.25) is 0 Å². The van der Waals surface area contributed by atoms with E-state index in [4.69, 9.17) is 10.5 Å². The lowest BCUT2D eigenvalue weighted by Crippen LogP contribution is -2.56. The SMILES string of the molecule is CCC(C)[C@@H]1C(=O)OC1C(=O)N[C@@H]1C[C@H]1C[C@H](NC(=O)[C@H](C)N)C(=O)O. The molecule has 2 rings (SSSR count). The van der Waals surface area contributed by atoms with Crippen LogP contribution in [0.5, 0.6) is 0 Å². The van der Waals surface area contributed by atoms with Crippen molar-refractivity contribution in [1.82, 2.24) is 10.6 Å². The van der Waals surface area contributed by atoms with Gasteiger partial charge in [0.05, 0.1) is 6.04 Å². The summed E-state index contributed by atoms with van der Waals surface area (Å²) < 4.78 is 4.98. The Kier molecular flexibility index (Phi) is 6.22. The molecule has 1 saturated heterocycles. The van der Waals surface area contributed by atoms with Crippen LogP contribution in [-0.2, 0) is 23.9 Å². The van der Waals surface area contributed by atoms with Crippen molar-refractivity contribution in [2.24, 2.45) is 23.5 Å². The minimum absolute atomic E-state index is 0.0498. The van der Waals surface area contributed by atoms with E-state index in [1.165, 1.54) is 6.92 Å². The standard InChI is InChI=1S/C17H27N3O6/c1-4-7(2)12-13(26-17(12)25)15(22)19-10-5-9(10)6-11(16(23)24)20-14(21)8(3)18/h7-13H,4-6,18H2,1-3H3,(H,19,22)(H,20,21)(H,23,24)/t7?,8-,9-,10+,11-,12-,13?/m0/s1. The summed E-state index contributed by atoms with van der Waals surface area (Å²) in [5.74, 6) is -2.77. The highest BCUT2D eigenvalue weighted by Crippen LogP contribution is 2.37. The smallest absolute Gasteiger partial charge is 0.326 e. The number of hydrogen-bond donors (Lipinski definition) is 4. The molecule has 7 atom stereocenters. The number of rotatable bonds is 9. The van der Waals surface area contributed by atoms with Crippen LogP contribution in [-0.4, -0.2) is 53.1 Å². The molecule has 1 aliphatic carbocycles. The molecule has 2 unspecified atom stereocenters. The number of carboxylic acid groups (broad SMARTS) is 1. The van der Waals surface area contributed by atoms with E-state index < -0.39 is 36.0 Å². The maximum absolute atomic E-state index is 12.3. The fourth-order valence-corrected chi connectivity index (χ4v) is 3.11.